The van der Waals surface area contributed by atoms with Gasteiger partial charge in [0.15, 0.2) is 0 Å². The van der Waals surface area contributed by atoms with E-state index in [4.69, 9.17) is 4.74 Å². The minimum atomic E-state index is -0.343. The lowest BCUT2D eigenvalue weighted by molar-refractivity contribution is -0.113. The molecule has 1 aliphatic carbocycles. The molecule has 0 saturated carbocycles. The second-order valence-corrected chi connectivity index (χ2v) is 9.39. The Morgan fingerprint density at radius 3 is 2.69 bits per heavy atom. The van der Waals surface area contributed by atoms with Gasteiger partial charge in [-0.3, -0.25) is 9.89 Å². The summed E-state index contributed by atoms with van der Waals surface area (Å²) in [5.74, 6) is 0.717. The van der Waals surface area contributed by atoms with E-state index in [1.807, 2.05) is 13.8 Å². The van der Waals surface area contributed by atoms with Crippen molar-refractivity contribution in [3.8, 4) is 0 Å². The van der Waals surface area contributed by atoms with Crippen molar-refractivity contribution in [3.05, 3.63) is 21.8 Å². The molecule has 0 unspecified atom stereocenters. The molecule has 7 nitrogen and oxygen atoms in total. The van der Waals surface area contributed by atoms with Crippen LogP contribution in [0.4, 0.5) is 5.00 Å². The van der Waals surface area contributed by atoms with Gasteiger partial charge in [-0.05, 0) is 38.2 Å². The maximum absolute atomic E-state index is 12.6. The van der Waals surface area contributed by atoms with E-state index in [-0.39, 0.29) is 23.5 Å². The standard InChI is InChI=1S/C20H28N4O3S2/c1-4-27-19(26)16-13-9-7-5-6-8-10-14(13)29-18(16)21-15(25)11-28-20-22-17(12(2)3)23-24-20/h12H,4-11H2,1-3H3,(H,21,25)(H,22,23,24). The maximum atomic E-state index is 12.6. The van der Waals surface area contributed by atoms with Crippen molar-refractivity contribution >= 4 is 40.0 Å². The summed E-state index contributed by atoms with van der Waals surface area (Å²) in [5, 5.41) is 11.1. The zero-order valence-corrected chi connectivity index (χ0v) is 18.8. The van der Waals surface area contributed by atoms with E-state index in [0.717, 1.165) is 37.1 Å². The van der Waals surface area contributed by atoms with Crippen LogP contribution in [-0.4, -0.2) is 39.4 Å². The number of aromatic nitrogens is 3. The maximum Gasteiger partial charge on any atom is 0.341 e. The third-order valence-electron chi connectivity index (χ3n) is 4.77. The second kappa shape index (κ2) is 10.2. The van der Waals surface area contributed by atoms with E-state index in [2.05, 4.69) is 20.5 Å². The van der Waals surface area contributed by atoms with Crippen molar-refractivity contribution in [1.82, 2.24) is 15.2 Å². The number of thiophene rings is 1. The number of fused-ring (bicyclic) bond motifs is 1. The van der Waals surface area contributed by atoms with Crippen LogP contribution in [0.3, 0.4) is 0 Å². The van der Waals surface area contributed by atoms with Gasteiger partial charge in [-0.25, -0.2) is 9.78 Å². The average molecular weight is 437 g/mol. The van der Waals surface area contributed by atoms with E-state index < -0.39 is 0 Å². The zero-order chi connectivity index (χ0) is 20.8. The molecular weight excluding hydrogens is 408 g/mol. The minimum Gasteiger partial charge on any atom is -0.462 e. The fourth-order valence-electron chi connectivity index (χ4n) is 3.30. The summed E-state index contributed by atoms with van der Waals surface area (Å²) in [4.78, 5) is 30.8. The topological polar surface area (TPSA) is 97.0 Å². The van der Waals surface area contributed by atoms with E-state index in [1.165, 1.54) is 40.8 Å². The van der Waals surface area contributed by atoms with Crippen LogP contribution in [0.1, 0.15) is 79.0 Å². The van der Waals surface area contributed by atoms with E-state index >= 15 is 0 Å². The highest BCUT2D eigenvalue weighted by Crippen LogP contribution is 2.37. The lowest BCUT2D eigenvalue weighted by atomic mass is 9.96. The minimum absolute atomic E-state index is 0.175. The number of carbonyl (C=O) groups excluding carboxylic acids is 2. The number of rotatable bonds is 7. The first kappa shape index (κ1) is 21.8. The van der Waals surface area contributed by atoms with Crippen molar-refractivity contribution in [2.24, 2.45) is 0 Å². The van der Waals surface area contributed by atoms with Gasteiger partial charge in [-0.15, -0.1) is 16.4 Å². The molecule has 0 spiro atoms. The van der Waals surface area contributed by atoms with Crippen molar-refractivity contribution in [1.29, 1.82) is 0 Å². The van der Waals surface area contributed by atoms with Gasteiger partial charge in [0.05, 0.1) is 17.9 Å². The highest BCUT2D eigenvalue weighted by molar-refractivity contribution is 7.99. The number of amides is 1. The average Bonchev–Trinajstić information content (AvgIpc) is 3.25. The van der Waals surface area contributed by atoms with Crippen LogP contribution in [0.25, 0.3) is 0 Å². The fourth-order valence-corrected chi connectivity index (χ4v) is 5.20. The summed E-state index contributed by atoms with van der Waals surface area (Å²) in [6.45, 7) is 6.17. The number of aromatic amines is 1. The monoisotopic (exact) mass is 436 g/mol. The molecule has 29 heavy (non-hydrogen) atoms. The van der Waals surface area contributed by atoms with Crippen molar-refractivity contribution in [2.45, 2.75) is 70.4 Å². The number of esters is 1. The van der Waals surface area contributed by atoms with Crippen molar-refractivity contribution in [3.63, 3.8) is 0 Å². The van der Waals surface area contributed by atoms with Crippen LogP contribution >= 0.6 is 23.1 Å². The Balaban J connectivity index is 1.73. The van der Waals surface area contributed by atoms with E-state index in [0.29, 0.717) is 22.3 Å². The Bertz CT molecular complexity index is 860. The van der Waals surface area contributed by atoms with Gasteiger partial charge in [0, 0.05) is 10.8 Å². The Morgan fingerprint density at radius 1 is 1.24 bits per heavy atom. The zero-order valence-electron chi connectivity index (χ0n) is 17.2. The van der Waals surface area contributed by atoms with Crippen LogP contribution in [0.2, 0.25) is 0 Å². The Kier molecular flexibility index (Phi) is 7.71. The molecule has 0 saturated heterocycles. The molecule has 2 heterocycles. The number of H-pyrrole nitrogens is 1. The Labute approximate surface area is 179 Å². The first-order valence-electron chi connectivity index (χ1n) is 10.2. The number of nitrogens with zero attached hydrogens (tertiary/aromatic N) is 2. The summed E-state index contributed by atoms with van der Waals surface area (Å²) in [6.07, 6.45) is 6.36. The summed E-state index contributed by atoms with van der Waals surface area (Å²) < 4.78 is 5.29. The fraction of sp³-hybridized carbons (Fsp3) is 0.600. The third-order valence-corrected chi connectivity index (χ3v) is 6.82. The van der Waals surface area contributed by atoms with Gasteiger partial charge in [-0.1, -0.05) is 38.5 Å². The van der Waals surface area contributed by atoms with Crippen molar-refractivity contribution in [2.75, 3.05) is 17.7 Å². The smallest absolute Gasteiger partial charge is 0.341 e. The number of hydrogen-bond donors (Lipinski definition) is 2. The van der Waals surface area contributed by atoms with Crippen LogP contribution in [0.5, 0.6) is 0 Å². The first-order chi connectivity index (χ1) is 14.0. The number of carbonyl (C=O) groups is 2. The number of anilines is 1. The Hall–Kier alpha value is -1.87. The third kappa shape index (κ3) is 5.60. The molecule has 158 valence electrons. The molecular formula is C20H28N4O3S2. The molecule has 0 radical (unpaired) electrons. The van der Waals surface area contributed by atoms with Crippen LogP contribution in [0.15, 0.2) is 5.16 Å². The van der Waals surface area contributed by atoms with Gasteiger partial charge in [-0.2, -0.15) is 0 Å². The normalized spacial score (nSPS) is 14.2. The summed E-state index contributed by atoms with van der Waals surface area (Å²) >= 11 is 2.79. The first-order valence-corrected chi connectivity index (χ1v) is 12.0. The van der Waals surface area contributed by atoms with Crippen LogP contribution < -0.4 is 5.32 Å². The number of aryl methyl sites for hydroxylation is 1. The second-order valence-electron chi connectivity index (χ2n) is 7.34. The molecule has 1 aliphatic rings. The molecule has 2 N–H and O–H groups in total. The van der Waals surface area contributed by atoms with E-state index in [1.54, 1.807) is 6.92 Å². The molecule has 9 heteroatoms. The molecule has 0 aliphatic heterocycles. The lowest BCUT2D eigenvalue weighted by Gasteiger charge is -2.11. The molecule has 0 bridgehead atoms. The Morgan fingerprint density at radius 2 is 2.00 bits per heavy atom. The predicted octanol–water partition coefficient (Wildman–Crippen LogP) is 4.56. The molecule has 0 aromatic carbocycles. The highest BCUT2D eigenvalue weighted by Gasteiger charge is 2.26. The number of nitrogens with one attached hydrogen (secondary N) is 2. The van der Waals surface area contributed by atoms with Gasteiger partial charge in [0.1, 0.15) is 10.8 Å². The quantitative estimate of drug-likeness (QED) is 0.488. The largest absolute Gasteiger partial charge is 0.462 e. The number of hydrogen-bond acceptors (Lipinski definition) is 7. The number of thioether (sulfide) groups is 1. The number of ether oxygens (including phenoxy) is 1. The molecule has 1 amide bonds. The molecule has 2 aromatic rings. The van der Waals surface area contributed by atoms with Crippen molar-refractivity contribution < 1.29 is 14.3 Å². The summed E-state index contributed by atoms with van der Waals surface area (Å²) in [5.41, 5.74) is 1.61. The summed E-state index contributed by atoms with van der Waals surface area (Å²) in [7, 11) is 0. The predicted molar refractivity (Wildman–Crippen MR) is 116 cm³/mol. The summed E-state index contributed by atoms with van der Waals surface area (Å²) in [6, 6.07) is 0. The van der Waals surface area contributed by atoms with E-state index in [9.17, 15) is 9.59 Å². The van der Waals surface area contributed by atoms with Gasteiger partial charge < -0.3 is 10.1 Å². The van der Waals surface area contributed by atoms with Gasteiger partial charge in [0.25, 0.3) is 0 Å². The SMILES string of the molecule is CCOC(=O)c1c(NC(=O)CSc2n[nH]c(C(C)C)n2)sc2c1CCCCCC2. The lowest BCUT2D eigenvalue weighted by Crippen LogP contribution is -2.17. The molecule has 3 rings (SSSR count). The highest BCUT2D eigenvalue weighted by atomic mass is 32.2. The van der Waals surface area contributed by atoms with Crippen LogP contribution in [0, 0.1) is 0 Å². The van der Waals surface area contributed by atoms with Gasteiger partial charge in [0.2, 0.25) is 11.1 Å². The van der Waals surface area contributed by atoms with Crippen LogP contribution in [-0.2, 0) is 22.4 Å². The molecule has 0 atom stereocenters. The molecule has 2 aromatic heterocycles. The van der Waals surface area contributed by atoms with Gasteiger partial charge >= 0.3 is 5.97 Å². The molecule has 0 fully saturated rings.